The first-order valence-corrected chi connectivity index (χ1v) is 11.0. The third-order valence-corrected chi connectivity index (χ3v) is 5.11. The maximum Gasteiger partial charge on any atom is 0.416 e. The largest absolute Gasteiger partial charge is 0.416 e. The van der Waals surface area contributed by atoms with E-state index < -0.39 is 47.5 Å². The summed E-state index contributed by atoms with van der Waals surface area (Å²) in [4.78, 5) is 63.3. The second kappa shape index (κ2) is 12.7. The number of hydrogen-bond acceptors (Lipinski definition) is 6. The van der Waals surface area contributed by atoms with Crippen molar-refractivity contribution in [3.8, 4) is 0 Å². The number of benzene rings is 1. The van der Waals surface area contributed by atoms with Gasteiger partial charge in [-0.2, -0.15) is 18.7 Å². The minimum absolute atomic E-state index is 0.0643. The molecule has 1 aliphatic rings. The van der Waals surface area contributed by atoms with Crippen molar-refractivity contribution in [2.45, 2.75) is 70.1 Å². The first-order valence-electron chi connectivity index (χ1n) is 11.0. The summed E-state index contributed by atoms with van der Waals surface area (Å²) >= 11 is 0. The Bertz CT molecular complexity index is 953. The smallest absolute Gasteiger partial charge is 0.344 e. The summed E-state index contributed by atoms with van der Waals surface area (Å²) in [5.41, 5.74) is 0.962. The van der Waals surface area contributed by atoms with Crippen LogP contribution in [0.2, 0.25) is 0 Å². The van der Waals surface area contributed by atoms with Crippen LogP contribution in [0.1, 0.15) is 57.4 Å². The van der Waals surface area contributed by atoms with Crippen molar-refractivity contribution < 1.29 is 42.0 Å². The molecule has 13 heteroatoms. The topological polar surface area (TPSA) is 143 Å². The molecule has 1 heterocycles. The van der Waals surface area contributed by atoms with Gasteiger partial charge >= 0.3 is 12.1 Å². The fourth-order valence-corrected chi connectivity index (χ4v) is 3.35. The number of alkyl halides is 3. The zero-order valence-electron chi connectivity index (χ0n) is 19.0. The lowest BCUT2D eigenvalue weighted by Gasteiger charge is -2.21. The zero-order valence-corrected chi connectivity index (χ0v) is 19.0. The Hall–Kier alpha value is -3.64. The van der Waals surface area contributed by atoms with Crippen LogP contribution in [0, 0.1) is 0 Å². The summed E-state index contributed by atoms with van der Waals surface area (Å²) in [7, 11) is 0. The van der Waals surface area contributed by atoms with E-state index in [2.05, 4.69) is 20.8 Å². The molecule has 0 bridgehead atoms. The Kier molecular flexibility index (Phi) is 10.0. The molecule has 1 saturated heterocycles. The summed E-state index contributed by atoms with van der Waals surface area (Å²) < 4.78 is 38.9. The van der Waals surface area contributed by atoms with Crippen LogP contribution in [0.4, 0.5) is 18.9 Å². The van der Waals surface area contributed by atoms with Crippen LogP contribution < -0.4 is 21.4 Å². The van der Waals surface area contributed by atoms with E-state index in [-0.39, 0.29) is 37.3 Å². The number of unbranched alkanes of at least 4 members (excludes halogenated alkanes) is 2. The lowest BCUT2D eigenvalue weighted by Crippen LogP contribution is -2.50. The SMILES string of the molecule is CC(=O)ONC(=O)CCCCC[C@H](NC(=O)[C@H]1CCC(=O)N1)C(=O)Nc1cccc(C(F)(F)F)c1. The highest BCUT2D eigenvalue weighted by Crippen LogP contribution is 2.30. The molecule has 0 spiro atoms. The van der Waals surface area contributed by atoms with Crippen molar-refractivity contribution in [1.29, 1.82) is 0 Å². The molecule has 2 rings (SSSR count). The third kappa shape index (κ3) is 9.63. The van der Waals surface area contributed by atoms with Gasteiger partial charge in [-0.3, -0.25) is 24.0 Å². The van der Waals surface area contributed by atoms with E-state index in [1.54, 1.807) is 0 Å². The van der Waals surface area contributed by atoms with Gasteiger partial charge in [0.2, 0.25) is 17.7 Å². The first-order chi connectivity index (χ1) is 16.5. The van der Waals surface area contributed by atoms with Crippen LogP contribution in [-0.2, 0) is 35.0 Å². The van der Waals surface area contributed by atoms with Gasteiger partial charge in [-0.15, -0.1) is 0 Å². The van der Waals surface area contributed by atoms with Gasteiger partial charge in [-0.05, 0) is 37.5 Å². The number of hydroxylamine groups is 1. The Labute approximate surface area is 199 Å². The summed E-state index contributed by atoms with van der Waals surface area (Å²) in [5, 5.41) is 7.44. The quantitative estimate of drug-likeness (QED) is 0.286. The minimum Gasteiger partial charge on any atom is -0.344 e. The number of carbonyl (C=O) groups is 5. The average molecular weight is 500 g/mol. The third-order valence-electron chi connectivity index (χ3n) is 5.11. The number of amides is 4. The summed E-state index contributed by atoms with van der Waals surface area (Å²) in [6.07, 6.45) is -2.65. The number of anilines is 1. The fourth-order valence-electron chi connectivity index (χ4n) is 3.35. The molecule has 4 amide bonds. The van der Waals surface area contributed by atoms with Crippen LogP contribution in [0.3, 0.4) is 0 Å². The van der Waals surface area contributed by atoms with Crippen LogP contribution in [0.5, 0.6) is 0 Å². The lowest BCUT2D eigenvalue weighted by molar-refractivity contribution is -0.156. The van der Waals surface area contributed by atoms with Gasteiger partial charge in [-0.1, -0.05) is 18.9 Å². The van der Waals surface area contributed by atoms with Gasteiger partial charge in [0.15, 0.2) is 0 Å². The second-order valence-corrected chi connectivity index (χ2v) is 8.01. The molecule has 0 radical (unpaired) electrons. The fraction of sp³-hybridized carbons (Fsp3) is 0.500. The maximum atomic E-state index is 13.0. The monoisotopic (exact) mass is 500 g/mol. The van der Waals surface area contributed by atoms with Gasteiger partial charge in [0.1, 0.15) is 12.1 Å². The minimum atomic E-state index is -4.59. The molecule has 0 unspecified atom stereocenters. The number of carbonyl (C=O) groups excluding carboxylic acids is 5. The van der Waals surface area contributed by atoms with Crippen LogP contribution in [0.25, 0.3) is 0 Å². The van der Waals surface area contributed by atoms with Crippen LogP contribution in [-0.4, -0.2) is 41.7 Å². The van der Waals surface area contributed by atoms with E-state index in [4.69, 9.17) is 0 Å². The predicted octanol–water partition coefficient (Wildman–Crippen LogP) is 1.95. The van der Waals surface area contributed by atoms with E-state index in [0.29, 0.717) is 19.3 Å². The molecule has 0 aromatic heterocycles. The van der Waals surface area contributed by atoms with Gasteiger partial charge < -0.3 is 20.8 Å². The van der Waals surface area contributed by atoms with Gasteiger partial charge in [-0.25, -0.2) is 0 Å². The van der Waals surface area contributed by atoms with Crippen molar-refractivity contribution in [3.63, 3.8) is 0 Å². The molecule has 4 N–H and O–H groups in total. The van der Waals surface area contributed by atoms with E-state index in [0.717, 1.165) is 25.1 Å². The van der Waals surface area contributed by atoms with Crippen LogP contribution in [0.15, 0.2) is 24.3 Å². The highest BCUT2D eigenvalue weighted by molar-refractivity contribution is 5.99. The molecular weight excluding hydrogens is 473 g/mol. The van der Waals surface area contributed by atoms with Crippen LogP contribution >= 0.6 is 0 Å². The van der Waals surface area contributed by atoms with Crippen molar-refractivity contribution in [2.75, 3.05) is 5.32 Å². The Morgan fingerprint density at radius 3 is 2.54 bits per heavy atom. The van der Waals surface area contributed by atoms with E-state index >= 15 is 0 Å². The number of halogens is 3. The highest BCUT2D eigenvalue weighted by Gasteiger charge is 2.32. The molecule has 1 aliphatic heterocycles. The molecule has 1 fully saturated rings. The average Bonchev–Trinajstić information content (AvgIpc) is 3.22. The molecule has 0 aliphatic carbocycles. The molecule has 0 saturated carbocycles. The molecule has 10 nitrogen and oxygen atoms in total. The molecule has 1 aromatic carbocycles. The summed E-state index contributed by atoms with van der Waals surface area (Å²) in [6, 6.07) is 2.23. The molecule has 1 aromatic rings. The molecule has 192 valence electrons. The standard InChI is InChI=1S/C22H27F3N4O6/c1-13(30)35-29-19(32)9-4-2-3-8-16(28-21(34)17-10-11-18(31)27-17)20(33)26-15-7-5-6-14(12-15)22(23,24)25/h5-7,12,16-17H,2-4,8-11H2,1H3,(H,26,33)(H,27,31)(H,28,34)(H,29,32)/t16-,17+/m0/s1. The zero-order chi connectivity index (χ0) is 26.0. The van der Waals surface area contributed by atoms with Gasteiger partial charge in [0, 0.05) is 25.5 Å². The van der Waals surface area contributed by atoms with E-state index in [1.165, 1.54) is 6.07 Å². The van der Waals surface area contributed by atoms with Crippen molar-refractivity contribution in [1.82, 2.24) is 16.1 Å². The molecule has 2 atom stereocenters. The van der Waals surface area contributed by atoms with E-state index in [1.807, 2.05) is 5.48 Å². The summed E-state index contributed by atoms with van der Waals surface area (Å²) in [6.45, 7) is 1.14. The first kappa shape index (κ1) is 27.6. The Morgan fingerprint density at radius 1 is 1.17 bits per heavy atom. The number of nitrogens with one attached hydrogen (secondary N) is 4. The second-order valence-electron chi connectivity index (χ2n) is 8.01. The molecule has 35 heavy (non-hydrogen) atoms. The lowest BCUT2D eigenvalue weighted by atomic mass is 10.0. The number of rotatable bonds is 10. The molecular formula is C22H27F3N4O6. The van der Waals surface area contributed by atoms with Gasteiger partial charge in [0.25, 0.3) is 5.91 Å². The predicted molar refractivity (Wildman–Crippen MR) is 116 cm³/mol. The Balaban J connectivity index is 1.96. The summed E-state index contributed by atoms with van der Waals surface area (Å²) in [5.74, 6) is -2.73. The normalized spacial score (nSPS) is 16.1. The van der Waals surface area contributed by atoms with Crippen molar-refractivity contribution >= 4 is 35.3 Å². The Morgan fingerprint density at radius 2 is 1.91 bits per heavy atom. The van der Waals surface area contributed by atoms with Crippen molar-refractivity contribution in [2.24, 2.45) is 0 Å². The highest BCUT2D eigenvalue weighted by atomic mass is 19.4. The maximum absolute atomic E-state index is 13.0. The van der Waals surface area contributed by atoms with Gasteiger partial charge in [0.05, 0.1) is 5.56 Å². The van der Waals surface area contributed by atoms with Crippen molar-refractivity contribution in [3.05, 3.63) is 29.8 Å². The number of hydrogen-bond donors (Lipinski definition) is 4. The van der Waals surface area contributed by atoms with E-state index in [9.17, 15) is 37.1 Å².